The molecule has 0 bridgehead atoms. The van der Waals surface area contributed by atoms with Crippen LogP contribution in [0.3, 0.4) is 0 Å². The number of amides is 1. The molecule has 1 atom stereocenters. The Kier molecular flexibility index (Phi) is 5.03. The van der Waals surface area contributed by atoms with E-state index in [2.05, 4.69) is 11.6 Å². The van der Waals surface area contributed by atoms with E-state index in [1.807, 2.05) is 0 Å². The van der Waals surface area contributed by atoms with Crippen molar-refractivity contribution >= 4 is 5.91 Å². The summed E-state index contributed by atoms with van der Waals surface area (Å²) in [6.07, 6.45) is 5.51. The van der Waals surface area contributed by atoms with Gasteiger partial charge in [-0.2, -0.15) is 0 Å². The highest BCUT2D eigenvalue weighted by molar-refractivity contribution is 5.92. The summed E-state index contributed by atoms with van der Waals surface area (Å²) in [5.41, 5.74) is -0.429. The number of carbonyl (C=O) groups is 1. The number of methoxy groups -OCH3 is 1. The van der Waals surface area contributed by atoms with E-state index in [-0.39, 0.29) is 34.8 Å². The first-order chi connectivity index (χ1) is 10.5. The zero-order valence-electron chi connectivity index (χ0n) is 12.8. The number of aliphatic hydroxyl groups is 1. The van der Waals surface area contributed by atoms with Gasteiger partial charge in [-0.1, -0.05) is 6.08 Å². The molecule has 120 valence electrons. The van der Waals surface area contributed by atoms with E-state index in [0.717, 1.165) is 12.8 Å². The fourth-order valence-electron chi connectivity index (χ4n) is 2.96. The third kappa shape index (κ3) is 3.22. The number of rotatable bonds is 5. The molecule has 0 spiro atoms. The number of piperidine rings is 1. The number of nitrogens with one attached hydrogen (secondary N) is 1. The molecule has 0 unspecified atom stereocenters. The summed E-state index contributed by atoms with van der Waals surface area (Å²) in [5, 5.41) is 9.70. The number of nitrogens with zero attached hydrogens (tertiary/aromatic N) is 1. The molecule has 2 N–H and O–H groups in total. The average molecular weight is 306 g/mol. The van der Waals surface area contributed by atoms with E-state index in [1.165, 1.54) is 19.4 Å². The second kappa shape index (κ2) is 6.79. The average Bonchev–Trinajstić information content (AvgIpc) is 2.54. The van der Waals surface area contributed by atoms with Crippen LogP contribution in [0.4, 0.5) is 0 Å². The van der Waals surface area contributed by atoms with Gasteiger partial charge in [-0.25, -0.2) is 0 Å². The summed E-state index contributed by atoms with van der Waals surface area (Å²) in [7, 11) is 1.40. The highest BCUT2D eigenvalue weighted by Crippen LogP contribution is 2.33. The highest BCUT2D eigenvalue weighted by Gasteiger charge is 2.36. The number of aromatic amines is 1. The number of carbonyl (C=O) groups excluding carboxylic acids is 1. The normalized spacial score (nSPS) is 21.5. The molecule has 1 saturated heterocycles. The topological polar surface area (TPSA) is 82.6 Å². The SMILES string of the molecule is C=CC[C@@]1(CO)CCCN(C(=O)c2cc(=O)c(OC)c[nH]2)C1. The lowest BCUT2D eigenvalue weighted by atomic mass is 9.78. The molecule has 6 heteroatoms. The van der Waals surface area contributed by atoms with Crippen LogP contribution in [-0.2, 0) is 0 Å². The maximum atomic E-state index is 12.6. The molecule has 1 aromatic rings. The van der Waals surface area contributed by atoms with Gasteiger partial charge in [0, 0.05) is 30.8 Å². The van der Waals surface area contributed by atoms with Crippen LogP contribution in [0.15, 0.2) is 29.7 Å². The van der Waals surface area contributed by atoms with Gasteiger partial charge in [0.2, 0.25) is 5.43 Å². The molecule has 0 radical (unpaired) electrons. The van der Waals surface area contributed by atoms with Gasteiger partial charge in [-0.15, -0.1) is 6.58 Å². The Hall–Kier alpha value is -2.08. The molecule has 1 aliphatic heterocycles. The Morgan fingerprint density at radius 1 is 1.64 bits per heavy atom. The van der Waals surface area contributed by atoms with Crippen LogP contribution in [0.5, 0.6) is 5.75 Å². The van der Waals surface area contributed by atoms with Crippen LogP contribution >= 0.6 is 0 Å². The van der Waals surface area contributed by atoms with Crippen molar-refractivity contribution in [3.8, 4) is 5.75 Å². The zero-order valence-corrected chi connectivity index (χ0v) is 12.8. The Bertz CT molecular complexity index is 610. The quantitative estimate of drug-likeness (QED) is 0.800. The summed E-state index contributed by atoms with van der Waals surface area (Å²) in [5.74, 6) is -0.0621. The van der Waals surface area contributed by atoms with Gasteiger partial charge in [0.1, 0.15) is 5.69 Å². The fourth-order valence-corrected chi connectivity index (χ4v) is 2.96. The molecule has 0 saturated carbocycles. The third-order valence-electron chi connectivity index (χ3n) is 4.19. The molecule has 2 heterocycles. The molecule has 2 rings (SSSR count). The number of hydrogen-bond acceptors (Lipinski definition) is 4. The number of allylic oxidation sites excluding steroid dienone is 1. The smallest absolute Gasteiger partial charge is 0.270 e. The van der Waals surface area contributed by atoms with Crippen LogP contribution in [0.25, 0.3) is 0 Å². The number of aliphatic hydroxyl groups excluding tert-OH is 1. The van der Waals surface area contributed by atoms with Gasteiger partial charge in [-0.05, 0) is 19.3 Å². The lowest BCUT2D eigenvalue weighted by Gasteiger charge is -2.41. The summed E-state index contributed by atoms with van der Waals surface area (Å²) >= 11 is 0. The van der Waals surface area contributed by atoms with E-state index in [1.54, 1.807) is 11.0 Å². The van der Waals surface area contributed by atoms with Crippen LogP contribution < -0.4 is 10.2 Å². The van der Waals surface area contributed by atoms with E-state index in [4.69, 9.17) is 4.74 Å². The summed E-state index contributed by atoms with van der Waals surface area (Å²) in [4.78, 5) is 28.8. The summed E-state index contributed by atoms with van der Waals surface area (Å²) < 4.78 is 4.89. The van der Waals surface area contributed by atoms with Crippen molar-refractivity contribution in [3.63, 3.8) is 0 Å². The van der Waals surface area contributed by atoms with E-state index in [0.29, 0.717) is 19.5 Å². The van der Waals surface area contributed by atoms with E-state index in [9.17, 15) is 14.7 Å². The van der Waals surface area contributed by atoms with Gasteiger partial charge in [0.25, 0.3) is 5.91 Å². The van der Waals surface area contributed by atoms with Gasteiger partial charge in [0.05, 0.1) is 13.7 Å². The van der Waals surface area contributed by atoms with E-state index < -0.39 is 0 Å². The Morgan fingerprint density at radius 2 is 2.41 bits per heavy atom. The van der Waals surface area contributed by atoms with E-state index >= 15 is 0 Å². The lowest BCUT2D eigenvalue weighted by molar-refractivity contribution is 0.0281. The molecule has 22 heavy (non-hydrogen) atoms. The number of hydrogen-bond donors (Lipinski definition) is 2. The fraction of sp³-hybridized carbons (Fsp3) is 0.500. The molecule has 0 aliphatic carbocycles. The number of pyridine rings is 1. The number of ether oxygens (including phenoxy) is 1. The molecular weight excluding hydrogens is 284 g/mol. The largest absolute Gasteiger partial charge is 0.491 e. The number of likely N-dealkylation sites (tertiary alicyclic amines) is 1. The second-order valence-corrected chi connectivity index (χ2v) is 5.76. The second-order valence-electron chi connectivity index (χ2n) is 5.76. The Balaban J connectivity index is 2.20. The molecule has 1 fully saturated rings. The minimum Gasteiger partial charge on any atom is -0.491 e. The number of H-pyrrole nitrogens is 1. The molecule has 1 amide bonds. The minimum atomic E-state index is -0.332. The first-order valence-electron chi connectivity index (χ1n) is 7.33. The molecule has 0 aromatic carbocycles. The van der Waals surface area contributed by atoms with Gasteiger partial charge < -0.3 is 19.7 Å². The Labute approximate surface area is 129 Å². The Morgan fingerprint density at radius 3 is 3.00 bits per heavy atom. The van der Waals surface area contributed by atoms with Crippen molar-refractivity contribution in [2.45, 2.75) is 19.3 Å². The standard InChI is InChI=1S/C16H22N2O4/c1-3-5-16(11-19)6-4-7-18(10-16)15(21)12-8-13(20)14(22-2)9-17-12/h3,8-9,19H,1,4-7,10-11H2,2H3,(H,17,20)/t16-/m1/s1. The first-order valence-corrected chi connectivity index (χ1v) is 7.33. The summed E-state index contributed by atoms with van der Waals surface area (Å²) in [6, 6.07) is 1.25. The van der Waals surface area contributed by atoms with Crippen molar-refractivity contribution in [2.75, 3.05) is 26.8 Å². The van der Waals surface area contributed by atoms with Gasteiger partial charge in [-0.3, -0.25) is 9.59 Å². The van der Waals surface area contributed by atoms with Crippen molar-refractivity contribution in [1.82, 2.24) is 9.88 Å². The van der Waals surface area contributed by atoms with Gasteiger partial charge in [0.15, 0.2) is 5.75 Å². The summed E-state index contributed by atoms with van der Waals surface area (Å²) in [6.45, 7) is 4.82. The molecular formula is C16H22N2O4. The minimum absolute atomic E-state index is 0.0158. The monoisotopic (exact) mass is 306 g/mol. The molecule has 6 nitrogen and oxygen atoms in total. The lowest BCUT2D eigenvalue weighted by Crippen LogP contribution is -2.48. The first kappa shape index (κ1) is 16.3. The number of aromatic nitrogens is 1. The van der Waals surface area contributed by atoms with Crippen LogP contribution in [0, 0.1) is 5.41 Å². The highest BCUT2D eigenvalue weighted by atomic mass is 16.5. The zero-order chi connectivity index (χ0) is 16.2. The van der Waals surface area contributed by atoms with Crippen LogP contribution in [0.2, 0.25) is 0 Å². The van der Waals surface area contributed by atoms with Crippen molar-refractivity contribution in [2.24, 2.45) is 5.41 Å². The van der Waals surface area contributed by atoms with Crippen LogP contribution in [-0.4, -0.2) is 47.7 Å². The van der Waals surface area contributed by atoms with Crippen molar-refractivity contribution in [1.29, 1.82) is 0 Å². The maximum absolute atomic E-state index is 12.6. The molecule has 1 aromatic heterocycles. The van der Waals surface area contributed by atoms with Gasteiger partial charge >= 0.3 is 0 Å². The van der Waals surface area contributed by atoms with Crippen LogP contribution in [0.1, 0.15) is 29.8 Å². The predicted octanol–water partition coefficient (Wildman–Crippen LogP) is 1.17. The maximum Gasteiger partial charge on any atom is 0.270 e. The third-order valence-corrected chi connectivity index (χ3v) is 4.19. The van der Waals surface area contributed by atoms with Crippen molar-refractivity contribution < 1.29 is 14.6 Å². The van der Waals surface area contributed by atoms with Crippen molar-refractivity contribution in [3.05, 3.63) is 40.8 Å². The predicted molar refractivity (Wildman–Crippen MR) is 83.1 cm³/mol. The molecule has 1 aliphatic rings.